The fraction of sp³-hybridized carbons (Fsp3) is 0.667. The molecule has 31 heavy (non-hydrogen) atoms. The van der Waals surface area contributed by atoms with Gasteiger partial charge in [0.05, 0.1) is 24.9 Å². The second kappa shape index (κ2) is 11.4. The van der Waals surface area contributed by atoms with E-state index in [0.29, 0.717) is 18.2 Å². The lowest BCUT2D eigenvalue weighted by Gasteiger charge is -2.36. The Morgan fingerprint density at radius 3 is 2.45 bits per heavy atom. The summed E-state index contributed by atoms with van der Waals surface area (Å²) in [5.41, 5.74) is 2.05. The van der Waals surface area contributed by atoms with E-state index >= 15 is 0 Å². The van der Waals surface area contributed by atoms with Crippen molar-refractivity contribution in [1.82, 2.24) is 0 Å². The summed E-state index contributed by atoms with van der Waals surface area (Å²) >= 11 is 0. The summed E-state index contributed by atoms with van der Waals surface area (Å²) in [7, 11) is 1.40. The Labute approximate surface area is 186 Å². The summed E-state index contributed by atoms with van der Waals surface area (Å²) in [4.78, 5) is 26.8. The molecule has 1 N–H and O–H groups in total. The van der Waals surface area contributed by atoms with Crippen LogP contribution >= 0.6 is 0 Å². The van der Waals surface area contributed by atoms with E-state index in [1.54, 1.807) is 0 Å². The molecule has 1 amide bonds. The molecular weight excluding hydrogens is 396 g/mol. The lowest BCUT2D eigenvalue weighted by molar-refractivity contribution is -0.141. The maximum atomic E-state index is 12.6. The van der Waals surface area contributed by atoms with Crippen LogP contribution in [0.1, 0.15) is 71.8 Å². The Hall–Kier alpha value is -2.28. The molecule has 7 heteroatoms. The van der Waals surface area contributed by atoms with Gasteiger partial charge in [0, 0.05) is 25.8 Å². The van der Waals surface area contributed by atoms with Gasteiger partial charge in [-0.2, -0.15) is 0 Å². The highest BCUT2D eigenvalue weighted by molar-refractivity contribution is 5.90. The van der Waals surface area contributed by atoms with Crippen molar-refractivity contribution in [2.45, 2.75) is 77.9 Å². The number of benzene rings is 1. The van der Waals surface area contributed by atoms with E-state index in [-0.39, 0.29) is 11.9 Å². The van der Waals surface area contributed by atoms with Crippen molar-refractivity contribution in [2.75, 3.05) is 37.1 Å². The molecule has 0 bridgehead atoms. The minimum Gasteiger partial charge on any atom is -0.469 e. The number of esters is 1. The van der Waals surface area contributed by atoms with Crippen LogP contribution in [0.5, 0.6) is 0 Å². The highest BCUT2D eigenvalue weighted by Gasteiger charge is 2.25. The average Bonchev–Trinajstić information content (AvgIpc) is 2.72. The van der Waals surface area contributed by atoms with Gasteiger partial charge in [-0.3, -0.25) is 10.1 Å². The van der Waals surface area contributed by atoms with Crippen LogP contribution in [0.2, 0.25) is 0 Å². The van der Waals surface area contributed by atoms with Gasteiger partial charge in [0.15, 0.2) is 0 Å². The third-order valence-corrected chi connectivity index (χ3v) is 5.54. The summed E-state index contributed by atoms with van der Waals surface area (Å²) in [6, 6.07) is 6.41. The first-order valence-electron chi connectivity index (χ1n) is 11.2. The molecule has 0 spiro atoms. The Balaban J connectivity index is 2.40. The van der Waals surface area contributed by atoms with Gasteiger partial charge in [0.1, 0.15) is 5.60 Å². The zero-order chi connectivity index (χ0) is 23.0. The van der Waals surface area contributed by atoms with Crippen LogP contribution in [0.15, 0.2) is 18.2 Å². The first-order valence-corrected chi connectivity index (χ1v) is 11.2. The van der Waals surface area contributed by atoms with Gasteiger partial charge < -0.3 is 19.1 Å². The minimum absolute atomic E-state index is 0.0128. The van der Waals surface area contributed by atoms with Crippen LogP contribution in [0.3, 0.4) is 0 Å². The fourth-order valence-electron chi connectivity index (χ4n) is 3.98. The molecule has 1 aliphatic rings. The molecule has 0 saturated carbocycles. The number of amides is 1. The molecular formula is C24H38N2O5. The molecule has 1 heterocycles. The lowest BCUT2D eigenvalue weighted by atomic mass is 9.92. The topological polar surface area (TPSA) is 77.1 Å². The standard InChI is InChI=1S/C24H38N2O5/c1-7-17(16-22(27)29-6)18-9-10-21(26(8-2)19-11-13-30-14-12-19)20(15-18)25-23(28)31-24(3,4)5/h9-10,15,17,19H,7-8,11-14,16H2,1-6H3,(H,25,28)/t17-/m0/s1. The quantitative estimate of drug-likeness (QED) is 0.574. The largest absolute Gasteiger partial charge is 0.469 e. The smallest absolute Gasteiger partial charge is 0.412 e. The monoisotopic (exact) mass is 434 g/mol. The van der Waals surface area contributed by atoms with Gasteiger partial charge in [0.25, 0.3) is 0 Å². The van der Waals surface area contributed by atoms with Gasteiger partial charge in [-0.1, -0.05) is 13.0 Å². The van der Waals surface area contributed by atoms with Crippen LogP contribution in [0, 0.1) is 0 Å². The molecule has 0 aliphatic carbocycles. The molecule has 1 atom stereocenters. The Bertz CT molecular complexity index is 738. The van der Waals surface area contributed by atoms with Gasteiger partial charge in [-0.15, -0.1) is 0 Å². The molecule has 1 aliphatic heterocycles. The molecule has 174 valence electrons. The van der Waals surface area contributed by atoms with E-state index in [1.807, 2.05) is 39.8 Å². The summed E-state index contributed by atoms with van der Waals surface area (Å²) in [6.45, 7) is 12.0. The van der Waals surface area contributed by atoms with E-state index < -0.39 is 11.7 Å². The molecule has 0 unspecified atom stereocenters. The Morgan fingerprint density at radius 2 is 1.90 bits per heavy atom. The number of nitrogens with zero attached hydrogens (tertiary/aromatic N) is 1. The number of rotatable bonds is 8. The Morgan fingerprint density at radius 1 is 1.23 bits per heavy atom. The van der Waals surface area contributed by atoms with Gasteiger partial charge >= 0.3 is 12.1 Å². The predicted molar refractivity (Wildman–Crippen MR) is 123 cm³/mol. The molecule has 1 fully saturated rings. The molecule has 1 aromatic carbocycles. The van der Waals surface area contributed by atoms with Crippen LogP contribution in [0.4, 0.5) is 16.2 Å². The van der Waals surface area contributed by atoms with Crippen LogP contribution in [-0.4, -0.2) is 50.6 Å². The molecule has 0 radical (unpaired) electrons. The van der Waals surface area contributed by atoms with Crippen molar-refractivity contribution in [1.29, 1.82) is 0 Å². The number of anilines is 2. The van der Waals surface area contributed by atoms with Gasteiger partial charge in [0.2, 0.25) is 0 Å². The summed E-state index contributed by atoms with van der Waals surface area (Å²) in [6.07, 6.45) is 2.49. The maximum absolute atomic E-state index is 12.6. The summed E-state index contributed by atoms with van der Waals surface area (Å²) in [5, 5.41) is 2.96. The third-order valence-electron chi connectivity index (χ3n) is 5.54. The summed E-state index contributed by atoms with van der Waals surface area (Å²) < 4.78 is 15.9. The number of methoxy groups -OCH3 is 1. The molecule has 1 aromatic rings. The summed E-state index contributed by atoms with van der Waals surface area (Å²) in [5.74, 6) is -0.228. The normalized spacial score (nSPS) is 15.8. The van der Waals surface area contributed by atoms with Crippen molar-refractivity contribution in [3.8, 4) is 0 Å². The third kappa shape index (κ3) is 7.42. The highest BCUT2D eigenvalue weighted by atomic mass is 16.6. The van der Waals surface area contributed by atoms with E-state index in [9.17, 15) is 9.59 Å². The minimum atomic E-state index is -0.593. The lowest BCUT2D eigenvalue weighted by Crippen LogP contribution is -2.40. The van der Waals surface area contributed by atoms with Crippen LogP contribution < -0.4 is 10.2 Å². The molecule has 7 nitrogen and oxygen atoms in total. The van der Waals surface area contributed by atoms with Crippen molar-refractivity contribution in [3.05, 3.63) is 23.8 Å². The SMILES string of the molecule is CC[C@@H](CC(=O)OC)c1ccc(N(CC)C2CCOCC2)c(NC(=O)OC(C)(C)C)c1. The van der Waals surface area contributed by atoms with Gasteiger partial charge in [-0.25, -0.2) is 4.79 Å². The van der Waals surface area contributed by atoms with Crippen molar-refractivity contribution in [3.63, 3.8) is 0 Å². The fourth-order valence-corrected chi connectivity index (χ4v) is 3.98. The zero-order valence-electron chi connectivity index (χ0n) is 19.8. The average molecular weight is 435 g/mol. The van der Waals surface area contributed by atoms with E-state index in [0.717, 1.165) is 50.3 Å². The number of nitrogens with one attached hydrogen (secondary N) is 1. The highest BCUT2D eigenvalue weighted by Crippen LogP contribution is 2.35. The molecule has 1 saturated heterocycles. The second-order valence-corrected chi connectivity index (χ2v) is 8.92. The number of hydrogen-bond donors (Lipinski definition) is 1. The molecule has 0 aromatic heterocycles. The van der Waals surface area contributed by atoms with Crippen LogP contribution in [0.25, 0.3) is 0 Å². The predicted octanol–water partition coefficient (Wildman–Crippen LogP) is 5.10. The van der Waals surface area contributed by atoms with E-state index in [2.05, 4.69) is 23.2 Å². The zero-order valence-corrected chi connectivity index (χ0v) is 19.8. The Kier molecular flexibility index (Phi) is 9.16. The van der Waals surface area contributed by atoms with E-state index in [1.165, 1.54) is 7.11 Å². The van der Waals surface area contributed by atoms with Crippen molar-refractivity contribution < 1.29 is 23.8 Å². The van der Waals surface area contributed by atoms with Crippen molar-refractivity contribution in [2.24, 2.45) is 0 Å². The second-order valence-electron chi connectivity index (χ2n) is 8.92. The number of hydrogen-bond acceptors (Lipinski definition) is 6. The van der Waals surface area contributed by atoms with E-state index in [4.69, 9.17) is 14.2 Å². The van der Waals surface area contributed by atoms with Crippen molar-refractivity contribution >= 4 is 23.4 Å². The first-order chi connectivity index (χ1) is 14.7. The number of carbonyl (C=O) groups is 2. The first kappa shape index (κ1) is 25.0. The number of carbonyl (C=O) groups excluding carboxylic acids is 2. The number of ether oxygens (including phenoxy) is 3. The molecule has 2 rings (SSSR count). The maximum Gasteiger partial charge on any atom is 0.412 e. The van der Waals surface area contributed by atoms with Gasteiger partial charge in [-0.05, 0) is 70.6 Å². The van der Waals surface area contributed by atoms with Crippen LogP contribution in [-0.2, 0) is 19.0 Å².